The number of allylic oxidation sites excluding steroid dienone is 1. The summed E-state index contributed by atoms with van der Waals surface area (Å²) in [5.74, 6) is -0.812. The average Bonchev–Trinajstić information content (AvgIpc) is 2.39. The molecule has 1 aromatic carbocycles. The summed E-state index contributed by atoms with van der Waals surface area (Å²) in [6, 6.07) is 3.57. The van der Waals surface area contributed by atoms with Crippen molar-refractivity contribution in [3.8, 4) is 0 Å². The predicted molar refractivity (Wildman–Crippen MR) is 71.6 cm³/mol. The number of hydrogen-bond acceptors (Lipinski definition) is 3. The van der Waals surface area contributed by atoms with E-state index < -0.39 is 20.7 Å². The Balaban J connectivity index is 3.01. The van der Waals surface area contributed by atoms with Crippen LogP contribution >= 0.6 is 0 Å². The van der Waals surface area contributed by atoms with Gasteiger partial charge in [0.2, 0.25) is 10.0 Å². The van der Waals surface area contributed by atoms with Gasteiger partial charge in [0, 0.05) is 13.6 Å². The molecule has 0 spiro atoms. The van der Waals surface area contributed by atoms with Crippen LogP contribution in [0.1, 0.15) is 18.4 Å². The van der Waals surface area contributed by atoms with Crippen LogP contribution in [-0.2, 0) is 16.6 Å². The van der Waals surface area contributed by atoms with Gasteiger partial charge in [0.15, 0.2) is 0 Å². The number of aliphatic hydroxyl groups excluding tert-OH is 1. The van der Waals surface area contributed by atoms with Crippen LogP contribution in [0.25, 0.3) is 0 Å². The fourth-order valence-electron chi connectivity index (χ4n) is 1.59. The second kappa shape index (κ2) is 6.79. The molecule has 0 atom stereocenters. The van der Waals surface area contributed by atoms with Crippen molar-refractivity contribution < 1.29 is 17.9 Å². The fraction of sp³-hybridized carbons (Fsp3) is 0.385. The Morgan fingerprint density at radius 1 is 1.47 bits per heavy atom. The van der Waals surface area contributed by atoms with Gasteiger partial charge in [0.05, 0.1) is 6.61 Å². The summed E-state index contributed by atoms with van der Waals surface area (Å²) in [7, 11) is -2.46. The van der Waals surface area contributed by atoms with Crippen LogP contribution < -0.4 is 0 Å². The van der Waals surface area contributed by atoms with Crippen molar-refractivity contribution in [3.05, 3.63) is 42.2 Å². The average molecular weight is 287 g/mol. The molecule has 0 saturated carbocycles. The van der Waals surface area contributed by atoms with Crippen LogP contribution in [0.3, 0.4) is 0 Å². The molecule has 6 heteroatoms. The van der Waals surface area contributed by atoms with E-state index in [0.717, 1.165) is 16.4 Å². The first kappa shape index (κ1) is 15.8. The van der Waals surface area contributed by atoms with Crippen molar-refractivity contribution in [2.24, 2.45) is 0 Å². The number of unbranched alkanes of at least 4 members (excludes halogenated alkanes) is 1. The number of nitrogens with zero attached hydrogens (tertiary/aromatic N) is 1. The van der Waals surface area contributed by atoms with E-state index in [-0.39, 0.29) is 13.2 Å². The van der Waals surface area contributed by atoms with Gasteiger partial charge in [-0.05, 0) is 30.5 Å². The second-order valence-corrected chi connectivity index (χ2v) is 6.19. The SMILES string of the molecule is C=CCCCN(C)S(=O)(=O)c1cc(CO)ccc1F. The lowest BCUT2D eigenvalue weighted by Crippen LogP contribution is -2.28. The molecule has 0 radical (unpaired) electrons. The van der Waals surface area contributed by atoms with Gasteiger partial charge in [0.25, 0.3) is 0 Å². The molecule has 0 aliphatic heterocycles. The van der Waals surface area contributed by atoms with E-state index in [1.54, 1.807) is 6.08 Å². The van der Waals surface area contributed by atoms with Crippen molar-refractivity contribution in [3.63, 3.8) is 0 Å². The topological polar surface area (TPSA) is 57.6 Å². The minimum Gasteiger partial charge on any atom is -0.392 e. The number of halogens is 1. The molecule has 0 bridgehead atoms. The molecule has 0 aliphatic rings. The molecule has 0 heterocycles. The van der Waals surface area contributed by atoms with E-state index >= 15 is 0 Å². The zero-order valence-electron chi connectivity index (χ0n) is 10.8. The maximum atomic E-state index is 13.6. The molecule has 0 saturated heterocycles. The highest BCUT2D eigenvalue weighted by Crippen LogP contribution is 2.20. The minimum atomic E-state index is -3.87. The third-order valence-corrected chi connectivity index (χ3v) is 4.62. The van der Waals surface area contributed by atoms with E-state index in [1.165, 1.54) is 13.1 Å². The number of rotatable bonds is 7. The van der Waals surface area contributed by atoms with E-state index in [9.17, 15) is 12.8 Å². The lowest BCUT2D eigenvalue weighted by Gasteiger charge is -2.17. The molecular weight excluding hydrogens is 269 g/mol. The van der Waals surface area contributed by atoms with Crippen LogP contribution in [0.2, 0.25) is 0 Å². The Bertz CT molecular complexity index is 543. The monoisotopic (exact) mass is 287 g/mol. The van der Waals surface area contributed by atoms with E-state index in [2.05, 4.69) is 6.58 Å². The summed E-state index contributed by atoms with van der Waals surface area (Å²) in [5, 5.41) is 8.99. The fourth-order valence-corrected chi connectivity index (χ4v) is 2.91. The van der Waals surface area contributed by atoms with Crippen molar-refractivity contribution in [2.45, 2.75) is 24.3 Å². The van der Waals surface area contributed by atoms with Crippen molar-refractivity contribution >= 4 is 10.0 Å². The molecule has 1 N–H and O–H groups in total. The Morgan fingerprint density at radius 2 is 2.16 bits per heavy atom. The third kappa shape index (κ3) is 3.86. The van der Waals surface area contributed by atoms with Gasteiger partial charge in [-0.3, -0.25) is 0 Å². The van der Waals surface area contributed by atoms with Gasteiger partial charge in [0.1, 0.15) is 10.7 Å². The van der Waals surface area contributed by atoms with Crippen molar-refractivity contribution in [2.75, 3.05) is 13.6 Å². The molecule has 1 aromatic rings. The summed E-state index contributed by atoms with van der Waals surface area (Å²) in [6.45, 7) is 3.52. The largest absolute Gasteiger partial charge is 0.392 e. The van der Waals surface area contributed by atoms with Gasteiger partial charge >= 0.3 is 0 Å². The maximum Gasteiger partial charge on any atom is 0.245 e. The number of benzene rings is 1. The standard InChI is InChI=1S/C13H18FNO3S/c1-3-4-5-8-15(2)19(17,18)13-9-11(10-16)6-7-12(13)14/h3,6-7,9,16H,1,4-5,8,10H2,2H3. The molecule has 0 fully saturated rings. The highest BCUT2D eigenvalue weighted by atomic mass is 32.2. The van der Waals surface area contributed by atoms with Gasteiger partial charge < -0.3 is 5.11 Å². The van der Waals surface area contributed by atoms with Crippen LogP contribution in [-0.4, -0.2) is 31.4 Å². The van der Waals surface area contributed by atoms with Gasteiger partial charge in [-0.25, -0.2) is 17.1 Å². The van der Waals surface area contributed by atoms with Crippen LogP contribution in [0.5, 0.6) is 0 Å². The number of hydrogen-bond donors (Lipinski definition) is 1. The van der Waals surface area contributed by atoms with Gasteiger partial charge in [-0.2, -0.15) is 0 Å². The quantitative estimate of drug-likeness (QED) is 0.615. The van der Waals surface area contributed by atoms with Gasteiger partial charge in [-0.1, -0.05) is 12.1 Å². The highest BCUT2D eigenvalue weighted by Gasteiger charge is 2.24. The Hall–Kier alpha value is -1.24. The molecule has 106 valence electrons. The zero-order valence-corrected chi connectivity index (χ0v) is 11.7. The second-order valence-electron chi connectivity index (χ2n) is 4.18. The Labute approximate surface area is 113 Å². The summed E-state index contributed by atoms with van der Waals surface area (Å²) in [4.78, 5) is -0.403. The van der Waals surface area contributed by atoms with Crippen LogP contribution in [0, 0.1) is 5.82 Å². The lowest BCUT2D eigenvalue weighted by molar-refractivity contribution is 0.281. The molecule has 4 nitrogen and oxygen atoms in total. The maximum absolute atomic E-state index is 13.6. The minimum absolute atomic E-state index is 0.289. The first-order chi connectivity index (χ1) is 8.93. The summed E-state index contributed by atoms with van der Waals surface area (Å²) in [6.07, 6.45) is 3.02. The molecule has 19 heavy (non-hydrogen) atoms. The lowest BCUT2D eigenvalue weighted by atomic mass is 10.2. The smallest absolute Gasteiger partial charge is 0.245 e. The molecule has 0 amide bonds. The van der Waals surface area contributed by atoms with Crippen molar-refractivity contribution in [1.29, 1.82) is 0 Å². The summed E-state index contributed by atoms with van der Waals surface area (Å²) in [5.41, 5.74) is 0.361. The molecule has 0 aliphatic carbocycles. The molecule has 0 aromatic heterocycles. The summed E-state index contributed by atoms with van der Waals surface area (Å²) < 4.78 is 39.1. The molecular formula is C13H18FNO3S. The highest BCUT2D eigenvalue weighted by molar-refractivity contribution is 7.89. The number of sulfonamides is 1. The van der Waals surface area contributed by atoms with E-state index in [0.29, 0.717) is 18.4 Å². The summed E-state index contributed by atoms with van der Waals surface area (Å²) >= 11 is 0. The first-order valence-electron chi connectivity index (χ1n) is 5.90. The van der Waals surface area contributed by atoms with Crippen molar-refractivity contribution in [1.82, 2.24) is 4.31 Å². The van der Waals surface area contributed by atoms with Crippen LogP contribution in [0.4, 0.5) is 4.39 Å². The Kier molecular flexibility index (Phi) is 5.65. The number of aliphatic hydroxyl groups is 1. The Morgan fingerprint density at radius 3 is 2.74 bits per heavy atom. The predicted octanol–water partition coefficient (Wildman–Crippen LogP) is 1.90. The van der Waals surface area contributed by atoms with Crippen LogP contribution in [0.15, 0.2) is 35.7 Å². The van der Waals surface area contributed by atoms with E-state index in [1.807, 2.05) is 0 Å². The normalized spacial score (nSPS) is 11.8. The zero-order chi connectivity index (χ0) is 14.5. The van der Waals surface area contributed by atoms with E-state index in [4.69, 9.17) is 5.11 Å². The molecule has 0 unspecified atom stereocenters. The van der Waals surface area contributed by atoms with Gasteiger partial charge in [-0.15, -0.1) is 6.58 Å². The third-order valence-electron chi connectivity index (χ3n) is 2.75. The first-order valence-corrected chi connectivity index (χ1v) is 7.34. The molecule has 1 rings (SSSR count).